The zero-order valence-corrected chi connectivity index (χ0v) is 11.3. The minimum Gasteiger partial charge on any atom is -0.448 e. The van der Waals surface area contributed by atoms with Crippen molar-refractivity contribution in [2.75, 3.05) is 6.54 Å². The molecule has 17 heavy (non-hydrogen) atoms. The summed E-state index contributed by atoms with van der Waals surface area (Å²) >= 11 is 5.88. The first-order valence-electron chi connectivity index (χ1n) is 6.80. The molecule has 0 aliphatic heterocycles. The molecule has 0 amide bonds. The Labute approximate surface area is 109 Å². The Hall–Kier alpha value is -0.470. The summed E-state index contributed by atoms with van der Waals surface area (Å²) in [6.45, 7) is 3.24. The standard InChI is InChI=1S/C14H22ClNO/c1-2-10-16-14(11-6-4-3-5-7-11)12-8-9-13(15)17-12/h8-9,11,14,16H,2-7,10H2,1H3. The van der Waals surface area contributed by atoms with Crippen LogP contribution < -0.4 is 5.32 Å². The van der Waals surface area contributed by atoms with Crippen molar-refractivity contribution in [2.24, 2.45) is 5.92 Å². The van der Waals surface area contributed by atoms with E-state index in [1.54, 1.807) is 0 Å². The Morgan fingerprint density at radius 1 is 1.35 bits per heavy atom. The molecule has 1 aliphatic carbocycles. The van der Waals surface area contributed by atoms with E-state index in [2.05, 4.69) is 12.2 Å². The number of halogens is 1. The fourth-order valence-electron chi connectivity index (χ4n) is 2.76. The fraction of sp³-hybridized carbons (Fsp3) is 0.714. The Balaban J connectivity index is 2.06. The number of furan rings is 1. The van der Waals surface area contributed by atoms with Crippen molar-refractivity contribution in [3.63, 3.8) is 0 Å². The van der Waals surface area contributed by atoms with Gasteiger partial charge in [0.1, 0.15) is 5.76 Å². The van der Waals surface area contributed by atoms with E-state index in [-0.39, 0.29) is 0 Å². The van der Waals surface area contributed by atoms with Gasteiger partial charge in [0.2, 0.25) is 0 Å². The zero-order valence-electron chi connectivity index (χ0n) is 10.5. The van der Waals surface area contributed by atoms with Crippen molar-refractivity contribution in [1.29, 1.82) is 0 Å². The average molecular weight is 256 g/mol. The van der Waals surface area contributed by atoms with Gasteiger partial charge in [-0.25, -0.2) is 0 Å². The van der Waals surface area contributed by atoms with Gasteiger partial charge in [0, 0.05) is 0 Å². The first-order chi connectivity index (χ1) is 8.31. The largest absolute Gasteiger partial charge is 0.448 e. The van der Waals surface area contributed by atoms with Gasteiger partial charge >= 0.3 is 0 Å². The minimum absolute atomic E-state index is 0.350. The van der Waals surface area contributed by atoms with Crippen LogP contribution in [-0.2, 0) is 0 Å². The van der Waals surface area contributed by atoms with E-state index in [0.29, 0.717) is 17.2 Å². The molecule has 1 aromatic rings. The number of hydrogen-bond donors (Lipinski definition) is 1. The molecule has 0 aromatic carbocycles. The molecule has 2 rings (SSSR count). The lowest BCUT2D eigenvalue weighted by atomic mass is 9.83. The molecule has 1 fully saturated rings. The summed E-state index contributed by atoms with van der Waals surface area (Å²) in [5, 5.41) is 4.12. The number of nitrogens with one attached hydrogen (secondary N) is 1. The topological polar surface area (TPSA) is 25.2 Å². The van der Waals surface area contributed by atoms with Crippen LogP contribution in [0.1, 0.15) is 57.3 Å². The van der Waals surface area contributed by atoms with Gasteiger partial charge < -0.3 is 9.73 Å². The summed E-state index contributed by atoms with van der Waals surface area (Å²) in [4.78, 5) is 0. The molecule has 1 aliphatic rings. The van der Waals surface area contributed by atoms with E-state index < -0.39 is 0 Å². The van der Waals surface area contributed by atoms with Crippen molar-refractivity contribution in [3.8, 4) is 0 Å². The lowest BCUT2D eigenvalue weighted by Gasteiger charge is -2.29. The van der Waals surface area contributed by atoms with Gasteiger partial charge in [-0.1, -0.05) is 26.2 Å². The van der Waals surface area contributed by atoms with Gasteiger partial charge in [-0.15, -0.1) is 0 Å². The highest BCUT2D eigenvalue weighted by atomic mass is 35.5. The molecular weight excluding hydrogens is 234 g/mol. The Morgan fingerprint density at radius 2 is 2.12 bits per heavy atom. The molecule has 1 heterocycles. The Morgan fingerprint density at radius 3 is 2.71 bits per heavy atom. The van der Waals surface area contributed by atoms with Crippen LogP contribution >= 0.6 is 11.6 Å². The molecule has 1 atom stereocenters. The molecule has 1 aromatic heterocycles. The molecule has 0 radical (unpaired) electrons. The van der Waals surface area contributed by atoms with Crippen molar-refractivity contribution >= 4 is 11.6 Å². The van der Waals surface area contributed by atoms with E-state index in [4.69, 9.17) is 16.0 Å². The highest BCUT2D eigenvalue weighted by molar-refractivity contribution is 6.28. The minimum atomic E-state index is 0.350. The molecule has 96 valence electrons. The highest BCUT2D eigenvalue weighted by Crippen LogP contribution is 2.35. The van der Waals surface area contributed by atoms with E-state index in [0.717, 1.165) is 18.7 Å². The first-order valence-corrected chi connectivity index (χ1v) is 7.17. The van der Waals surface area contributed by atoms with Crippen molar-refractivity contribution in [2.45, 2.75) is 51.5 Å². The second-order valence-electron chi connectivity index (χ2n) is 4.97. The van der Waals surface area contributed by atoms with E-state index in [1.165, 1.54) is 32.1 Å². The van der Waals surface area contributed by atoms with Crippen molar-refractivity contribution in [1.82, 2.24) is 5.32 Å². The van der Waals surface area contributed by atoms with Gasteiger partial charge in [0.25, 0.3) is 0 Å². The van der Waals surface area contributed by atoms with Crippen molar-refractivity contribution < 1.29 is 4.42 Å². The molecule has 1 saturated carbocycles. The smallest absolute Gasteiger partial charge is 0.193 e. The maximum Gasteiger partial charge on any atom is 0.193 e. The van der Waals surface area contributed by atoms with Gasteiger partial charge in [-0.05, 0) is 55.5 Å². The van der Waals surface area contributed by atoms with Crippen LogP contribution in [0.15, 0.2) is 16.5 Å². The van der Waals surface area contributed by atoms with Crippen LogP contribution in [0.5, 0.6) is 0 Å². The van der Waals surface area contributed by atoms with Crippen LogP contribution in [0.25, 0.3) is 0 Å². The van der Waals surface area contributed by atoms with Crippen LogP contribution in [0, 0.1) is 5.92 Å². The van der Waals surface area contributed by atoms with Crippen molar-refractivity contribution in [3.05, 3.63) is 23.1 Å². The summed E-state index contributed by atoms with van der Waals surface area (Å²) in [5.41, 5.74) is 0. The lowest BCUT2D eigenvalue weighted by molar-refractivity contribution is 0.244. The molecule has 0 saturated heterocycles. The van der Waals surface area contributed by atoms with Crippen LogP contribution in [0.2, 0.25) is 5.22 Å². The molecule has 1 unspecified atom stereocenters. The third-order valence-corrected chi connectivity index (χ3v) is 3.84. The molecule has 0 spiro atoms. The summed E-state index contributed by atoms with van der Waals surface area (Å²) in [6, 6.07) is 4.22. The normalized spacial score (nSPS) is 19.4. The third-order valence-electron chi connectivity index (χ3n) is 3.64. The van der Waals surface area contributed by atoms with Crippen LogP contribution in [0.3, 0.4) is 0 Å². The maximum absolute atomic E-state index is 5.88. The van der Waals surface area contributed by atoms with Gasteiger partial charge in [0.15, 0.2) is 5.22 Å². The first kappa shape index (κ1) is 13.0. The number of hydrogen-bond acceptors (Lipinski definition) is 2. The van der Waals surface area contributed by atoms with Gasteiger partial charge in [-0.2, -0.15) is 0 Å². The van der Waals surface area contributed by atoms with Crippen LogP contribution in [0.4, 0.5) is 0 Å². The fourth-order valence-corrected chi connectivity index (χ4v) is 2.91. The van der Waals surface area contributed by atoms with E-state index in [9.17, 15) is 0 Å². The number of rotatable bonds is 5. The molecular formula is C14H22ClNO. The quantitative estimate of drug-likeness (QED) is 0.835. The van der Waals surface area contributed by atoms with Gasteiger partial charge in [0.05, 0.1) is 6.04 Å². The second-order valence-corrected chi connectivity index (χ2v) is 5.34. The predicted molar refractivity (Wildman–Crippen MR) is 71.3 cm³/mol. The predicted octanol–water partition coefficient (Wildman–Crippen LogP) is 4.55. The molecule has 0 bridgehead atoms. The Kier molecular flexibility index (Phi) is 4.93. The summed E-state index contributed by atoms with van der Waals surface area (Å²) in [7, 11) is 0. The summed E-state index contributed by atoms with van der Waals surface area (Å²) in [5.74, 6) is 1.72. The SMILES string of the molecule is CCCNC(c1ccc(Cl)o1)C1CCCCC1. The Bertz CT molecular complexity index is 331. The second kappa shape index (κ2) is 6.46. The zero-order chi connectivity index (χ0) is 12.1. The summed E-state index contributed by atoms with van der Waals surface area (Å²) < 4.78 is 5.60. The van der Waals surface area contributed by atoms with Crippen LogP contribution in [-0.4, -0.2) is 6.54 Å². The van der Waals surface area contributed by atoms with Gasteiger partial charge in [-0.3, -0.25) is 0 Å². The van der Waals surface area contributed by atoms with E-state index in [1.807, 2.05) is 12.1 Å². The molecule has 3 heteroatoms. The maximum atomic E-state index is 5.88. The van der Waals surface area contributed by atoms with E-state index >= 15 is 0 Å². The average Bonchev–Trinajstić information content (AvgIpc) is 2.78. The summed E-state index contributed by atoms with van der Waals surface area (Å²) in [6.07, 6.45) is 7.85. The molecule has 2 nitrogen and oxygen atoms in total. The third kappa shape index (κ3) is 3.49. The highest BCUT2D eigenvalue weighted by Gasteiger charge is 2.26. The lowest BCUT2D eigenvalue weighted by Crippen LogP contribution is -2.30. The molecule has 1 N–H and O–H groups in total. The monoisotopic (exact) mass is 255 g/mol.